The quantitative estimate of drug-likeness (QED) is 0.0365. The summed E-state index contributed by atoms with van der Waals surface area (Å²) in [4.78, 5) is 24.7. The van der Waals surface area contributed by atoms with Crippen LogP contribution in [0.25, 0.3) is 0 Å². The van der Waals surface area contributed by atoms with Gasteiger partial charge in [0.15, 0.2) is 0 Å². The first-order chi connectivity index (χ1) is 27.1. The molecule has 6 nitrogen and oxygen atoms in total. The topological polar surface area (TPSA) is 58.2 Å². The molecule has 0 aromatic heterocycles. The molecule has 0 aromatic rings. The number of carbonyl (C=O) groups excluding carboxylic acids is 2. The van der Waals surface area contributed by atoms with Crippen molar-refractivity contribution >= 4 is 33.4 Å². The summed E-state index contributed by atoms with van der Waals surface area (Å²) in [7, 11) is 12.8. The minimum absolute atomic E-state index is 0.181. The van der Waals surface area contributed by atoms with Crippen LogP contribution >= 0.6 is 21.6 Å². The van der Waals surface area contributed by atoms with E-state index in [1.54, 1.807) is 21.6 Å². The van der Waals surface area contributed by atoms with Crippen molar-refractivity contribution in [3.8, 4) is 0 Å². The lowest BCUT2D eigenvalue weighted by Gasteiger charge is -2.29. The van der Waals surface area contributed by atoms with Crippen molar-refractivity contribution in [2.24, 2.45) is 0 Å². The average Bonchev–Trinajstić information content (AvgIpc) is 3.16. The van der Waals surface area contributed by atoms with E-state index in [1.165, 1.54) is 193 Å². The Bertz CT molecular complexity index is 789. The lowest BCUT2D eigenvalue weighted by atomic mass is 10.0. The molecule has 0 aliphatic rings. The van der Waals surface area contributed by atoms with E-state index in [-0.39, 0.29) is 11.8 Å². The first-order valence-electron chi connectivity index (χ1n) is 24.5. The fraction of sp³-hybridized carbons (Fsp3) is 0.958. The number of carbonyl (C=O) groups is 2. The van der Waals surface area contributed by atoms with Crippen LogP contribution in [0.2, 0.25) is 0 Å². The van der Waals surface area contributed by atoms with Gasteiger partial charge in [0, 0.05) is 50.3 Å². The number of hydrogen-bond acceptors (Lipinski definition) is 4. The van der Waals surface area contributed by atoms with Crippen LogP contribution in [0.3, 0.4) is 0 Å². The van der Waals surface area contributed by atoms with Crippen LogP contribution in [-0.2, 0) is 9.59 Å². The van der Waals surface area contributed by atoms with E-state index in [2.05, 4.69) is 52.7 Å². The van der Waals surface area contributed by atoms with Gasteiger partial charge in [-0.1, -0.05) is 190 Å². The first-order valence-corrected chi connectivity index (χ1v) is 27.0. The number of nitrogens with zero attached hydrogens (tertiary/aromatic N) is 2. The van der Waals surface area contributed by atoms with Gasteiger partial charge in [-0.25, -0.2) is 0 Å². The Labute approximate surface area is 359 Å². The summed E-state index contributed by atoms with van der Waals surface area (Å²) in [6.45, 7) is 10.6. The summed E-state index contributed by atoms with van der Waals surface area (Å²) >= 11 is 0. The van der Waals surface area contributed by atoms with Gasteiger partial charge < -0.3 is 19.6 Å². The summed E-state index contributed by atoms with van der Waals surface area (Å²) in [6.07, 6.45) is 42.5. The van der Waals surface area contributed by atoms with E-state index in [1.807, 2.05) is 0 Å². The number of rotatable bonds is 45. The van der Waals surface area contributed by atoms with Gasteiger partial charge in [-0.05, 0) is 25.7 Å². The van der Waals surface area contributed by atoms with Gasteiger partial charge in [-0.15, -0.1) is 0 Å². The standard InChI is InChI=1S/C48H98N4O2S2/c1-7-9-11-13-15-17-19-21-23-25-27-29-31-33-41-51(3,4)43-35-37-47(53)49-39-45-55-56-46-40-50-48(54)38-36-44-52(5,6)42-34-32-30-28-26-24-22-20-18-16-14-12-10-8-2/h7-46H2,1-6H3/p+2. The second kappa shape index (κ2) is 41.3. The third kappa shape index (κ3) is 43.1. The molecule has 2 amide bonds. The third-order valence-electron chi connectivity index (χ3n) is 11.7. The molecule has 334 valence electrons. The SMILES string of the molecule is CCCCCCCCCCCCCCCC[N+](C)(C)CCCC(=O)NCCSSCCNC(=O)CCC[N+](C)(C)CCCCCCCCCCCCCCCC. The van der Waals surface area contributed by atoms with Crippen molar-refractivity contribution in [2.75, 3.05) is 79.0 Å². The summed E-state index contributed by atoms with van der Waals surface area (Å²) in [6, 6.07) is 0. The van der Waals surface area contributed by atoms with Crippen molar-refractivity contribution in [2.45, 2.75) is 219 Å². The molecule has 0 aliphatic carbocycles. The molecule has 0 saturated carbocycles. The van der Waals surface area contributed by atoms with Gasteiger partial charge >= 0.3 is 0 Å². The molecule has 0 aliphatic heterocycles. The molecule has 0 spiro atoms. The van der Waals surface area contributed by atoms with Crippen LogP contribution in [0.15, 0.2) is 0 Å². The van der Waals surface area contributed by atoms with Crippen LogP contribution in [0, 0.1) is 0 Å². The predicted octanol–water partition coefficient (Wildman–Crippen LogP) is 13.3. The summed E-state index contributed by atoms with van der Waals surface area (Å²) in [5.41, 5.74) is 0. The summed E-state index contributed by atoms with van der Waals surface area (Å²) in [5.74, 6) is 2.16. The average molecular weight is 829 g/mol. The van der Waals surface area contributed by atoms with E-state index in [9.17, 15) is 9.59 Å². The highest BCUT2D eigenvalue weighted by Gasteiger charge is 2.16. The largest absolute Gasteiger partial charge is 0.355 e. The van der Waals surface area contributed by atoms with Gasteiger partial charge in [0.05, 0.1) is 54.4 Å². The zero-order valence-corrected chi connectivity index (χ0v) is 40.4. The molecule has 0 radical (unpaired) electrons. The van der Waals surface area contributed by atoms with E-state index in [0.717, 1.165) is 46.4 Å². The Hall–Kier alpha value is -0.440. The van der Waals surface area contributed by atoms with Crippen LogP contribution < -0.4 is 10.6 Å². The number of quaternary nitrogens is 2. The van der Waals surface area contributed by atoms with Gasteiger partial charge in [0.25, 0.3) is 0 Å². The summed E-state index contributed by atoms with van der Waals surface area (Å²) in [5, 5.41) is 6.19. The number of nitrogens with one attached hydrogen (secondary N) is 2. The van der Waals surface area contributed by atoms with Crippen molar-refractivity contribution < 1.29 is 18.6 Å². The molecule has 0 bridgehead atoms. The minimum Gasteiger partial charge on any atom is -0.355 e. The molecule has 56 heavy (non-hydrogen) atoms. The maximum atomic E-state index is 12.4. The lowest BCUT2D eigenvalue weighted by molar-refractivity contribution is -0.890. The summed E-state index contributed by atoms with van der Waals surface area (Å²) < 4.78 is 2.04. The van der Waals surface area contributed by atoms with Gasteiger partial charge in [0.2, 0.25) is 11.8 Å². The fourth-order valence-corrected chi connectivity index (χ4v) is 9.60. The number of amides is 2. The fourth-order valence-electron chi connectivity index (χ4n) is 7.79. The van der Waals surface area contributed by atoms with E-state index < -0.39 is 0 Å². The smallest absolute Gasteiger partial charge is 0.220 e. The van der Waals surface area contributed by atoms with E-state index in [0.29, 0.717) is 25.9 Å². The Kier molecular flexibility index (Phi) is 41.0. The number of unbranched alkanes of at least 4 members (excludes halogenated alkanes) is 26. The highest BCUT2D eigenvalue weighted by Crippen LogP contribution is 2.20. The molecular weight excluding hydrogens is 729 g/mol. The zero-order valence-electron chi connectivity index (χ0n) is 38.8. The van der Waals surface area contributed by atoms with Crippen molar-refractivity contribution in [1.82, 2.24) is 10.6 Å². The Morgan fingerprint density at radius 2 is 0.589 bits per heavy atom. The molecule has 0 atom stereocenters. The molecule has 2 N–H and O–H groups in total. The molecule has 0 unspecified atom stereocenters. The molecule has 0 aromatic carbocycles. The molecule has 0 fully saturated rings. The van der Waals surface area contributed by atoms with E-state index in [4.69, 9.17) is 0 Å². The zero-order chi connectivity index (χ0) is 41.3. The lowest BCUT2D eigenvalue weighted by Crippen LogP contribution is -2.41. The molecular formula is C48H100N4O2S2+2. The predicted molar refractivity (Wildman–Crippen MR) is 254 cm³/mol. The second-order valence-electron chi connectivity index (χ2n) is 18.5. The Morgan fingerprint density at radius 3 is 0.857 bits per heavy atom. The molecule has 0 heterocycles. The highest BCUT2D eigenvalue weighted by atomic mass is 33.1. The normalized spacial score (nSPS) is 12.0. The second-order valence-corrected chi connectivity index (χ2v) is 21.2. The Balaban J connectivity index is 3.55. The van der Waals surface area contributed by atoms with Crippen LogP contribution in [0.4, 0.5) is 0 Å². The maximum absolute atomic E-state index is 12.4. The first kappa shape index (κ1) is 55.6. The van der Waals surface area contributed by atoms with Crippen molar-refractivity contribution in [3.63, 3.8) is 0 Å². The monoisotopic (exact) mass is 829 g/mol. The van der Waals surface area contributed by atoms with Gasteiger partial charge in [-0.2, -0.15) is 0 Å². The van der Waals surface area contributed by atoms with Crippen molar-refractivity contribution in [1.29, 1.82) is 0 Å². The molecule has 0 saturated heterocycles. The van der Waals surface area contributed by atoms with Crippen LogP contribution in [-0.4, -0.2) is 99.7 Å². The van der Waals surface area contributed by atoms with E-state index >= 15 is 0 Å². The molecule has 8 heteroatoms. The van der Waals surface area contributed by atoms with Gasteiger partial charge in [0.1, 0.15) is 0 Å². The van der Waals surface area contributed by atoms with Crippen LogP contribution in [0.1, 0.15) is 219 Å². The third-order valence-corrected chi connectivity index (χ3v) is 14.1. The highest BCUT2D eigenvalue weighted by molar-refractivity contribution is 8.76. The Morgan fingerprint density at radius 1 is 0.357 bits per heavy atom. The number of hydrogen-bond donors (Lipinski definition) is 2. The minimum atomic E-state index is 0.181. The van der Waals surface area contributed by atoms with Gasteiger partial charge in [-0.3, -0.25) is 9.59 Å². The van der Waals surface area contributed by atoms with Crippen LogP contribution in [0.5, 0.6) is 0 Å². The molecule has 0 rings (SSSR count). The van der Waals surface area contributed by atoms with Crippen molar-refractivity contribution in [3.05, 3.63) is 0 Å². The maximum Gasteiger partial charge on any atom is 0.220 e.